The number of fused-ring (bicyclic) bond motifs is 1. The molecule has 164 valence electrons. The molecule has 2 aliphatic rings. The fourth-order valence-corrected chi connectivity index (χ4v) is 6.46. The van der Waals surface area contributed by atoms with Crippen LogP contribution in [0.2, 0.25) is 0 Å². The smallest absolute Gasteiger partial charge is 0.325 e. The summed E-state index contributed by atoms with van der Waals surface area (Å²) in [6, 6.07) is 12.6. The van der Waals surface area contributed by atoms with Crippen LogP contribution in [-0.2, 0) is 28.9 Å². The third kappa shape index (κ3) is 3.23. The highest BCUT2D eigenvalue weighted by Crippen LogP contribution is 2.66. The number of hydrogen-bond donors (Lipinski definition) is 0. The second-order valence-electron chi connectivity index (χ2n) is 7.18. The van der Waals surface area contributed by atoms with E-state index in [9.17, 15) is 18.0 Å². The van der Waals surface area contributed by atoms with Crippen molar-refractivity contribution < 1.29 is 37.0 Å². The molecule has 4 rings (SSSR count). The van der Waals surface area contributed by atoms with Crippen LogP contribution < -0.4 is 9.47 Å². The number of ether oxygens (including phenoxy) is 4. The Bertz CT molecular complexity index is 1090. The highest BCUT2D eigenvalue weighted by molar-refractivity contribution is 7.92. The lowest BCUT2D eigenvalue weighted by Crippen LogP contribution is -2.35. The Labute approximate surface area is 180 Å². The maximum atomic E-state index is 13.6. The molecule has 0 saturated heterocycles. The molecule has 0 radical (unpaired) electrons. The minimum Gasteiger partial charge on any atom is -0.465 e. The summed E-state index contributed by atoms with van der Waals surface area (Å²) in [6.07, 6.45) is 0. The second-order valence-corrected chi connectivity index (χ2v) is 9.25. The molecule has 31 heavy (non-hydrogen) atoms. The Morgan fingerprint density at radius 2 is 1.58 bits per heavy atom. The number of carbonyl (C=O) groups excluding carboxylic acids is 2. The van der Waals surface area contributed by atoms with Gasteiger partial charge in [0.2, 0.25) is 6.79 Å². The van der Waals surface area contributed by atoms with Gasteiger partial charge >= 0.3 is 11.9 Å². The van der Waals surface area contributed by atoms with E-state index in [2.05, 4.69) is 0 Å². The number of rotatable bonds is 7. The molecule has 1 aliphatic carbocycles. The Morgan fingerprint density at radius 3 is 2.19 bits per heavy atom. The van der Waals surface area contributed by atoms with E-state index in [4.69, 9.17) is 18.9 Å². The van der Waals surface area contributed by atoms with E-state index in [1.165, 1.54) is 12.1 Å². The summed E-state index contributed by atoms with van der Waals surface area (Å²) in [5, 5.41) is -1.37. The van der Waals surface area contributed by atoms with Crippen molar-refractivity contribution in [1.82, 2.24) is 0 Å². The van der Waals surface area contributed by atoms with Crippen LogP contribution in [0.1, 0.15) is 25.3 Å². The van der Waals surface area contributed by atoms with Gasteiger partial charge in [-0.15, -0.1) is 0 Å². The van der Waals surface area contributed by atoms with Crippen LogP contribution in [0.5, 0.6) is 11.5 Å². The van der Waals surface area contributed by atoms with Crippen LogP contribution in [-0.4, -0.2) is 45.6 Å². The van der Waals surface area contributed by atoms with Crippen molar-refractivity contribution in [1.29, 1.82) is 0 Å². The molecule has 2 atom stereocenters. The van der Waals surface area contributed by atoms with Gasteiger partial charge in [0.05, 0.1) is 18.1 Å². The molecule has 1 fully saturated rings. The predicted molar refractivity (Wildman–Crippen MR) is 108 cm³/mol. The largest absolute Gasteiger partial charge is 0.465 e. The van der Waals surface area contributed by atoms with Crippen LogP contribution in [0.3, 0.4) is 0 Å². The summed E-state index contributed by atoms with van der Waals surface area (Å²) in [7, 11) is -4.09. The molecule has 0 N–H and O–H groups in total. The molecule has 1 saturated carbocycles. The zero-order chi connectivity index (χ0) is 22.2. The van der Waals surface area contributed by atoms with Crippen molar-refractivity contribution >= 4 is 21.8 Å². The van der Waals surface area contributed by atoms with Crippen molar-refractivity contribution in [3.63, 3.8) is 0 Å². The topological polar surface area (TPSA) is 105 Å². The monoisotopic (exact) mass is 446 g/mol. The minimum absolute atomic E-state index is 0.00798. The summed E-state index contributed by atoms with van der Waals surface area (Å²) in [5.74, 6) is -1.90. The first-order valence-corrected chi connectivity index (χ1v) is 11.5. The zero-order valence-electron chi connectivity index (χ0n) is 17.1. The molecular formula is C22H22O8S. The maximum Gasteiger partial charge on any atom is 0.325 e. The molecule has 2 aromatic rings. The minimum atomic E-state index is -4.09. The molecule has 2 aromatic carbocycles. The molecule has 0 amide bonds. The van der Waals surface area contributed by atoms with Crippen LogP contribution in [0.25, 0.3) is 0 Å². The van der Waals surface area contributed by atoms with Gasteiger partial charge in [-0.25, -0.2) is 8.42 Å². The van der Waals surface area contributed by atoms with E-state index in [0.717, 1.165) is 0 Å². The molecule has 0 aromatic heterocycles. The third-order valence-corrected chi connectivity index (χ3v) is 7.76. The first kappa shape index (κ1) is 21.2. The lowest BCUT2D eigenvalue weighted by Gasteiger charge is -2.15. The first-order chi connectivity index (χ1) is 14.9. The highest BCUT2D eigenvalue weighted by atomic mass is 32.2. The van der Waals surface area contributed by atoms with Crippen LogP contribution in [0.4, 0.5) is 0 Å². The Morgan fingerprint density at radius 1 is 0.968 bits per heavy atom. The lowest BCUT2D eigenvalue weighted by atomic mass is 9.98. The summed E-state index contributed by atoms with van der Waals surface area (Å²) < 4.78 is 48.2. The Balaban J connectivity index is 1.88. The van der Waals surface area contributed by atoms with Gasteiger partial charge in [0.15, 0.2) is 26.8 Å². The van der Waals surface area contributed by atoms with Crippen LogP contribution >= 0.6 is 0 Å². The normalized spacial score (nSPS) is 20.7. The van der Waals surface area contributed by atoms with Gasteiger partial charge in [0.25, 0.3) is 0 Å². The quantitative estimate of drug-likeness (QED) is 0.472. The van der Waals surface area contributed by atoms with Crippen LogP contribution in [0.15, 0.2) is 53.4 Å². The van der Waals surface area contributed by atoms with Crippen molar-refractivity contribution in [3.8, 4) is 11.5 Å². The number of benzene rings is 2. The van der Waals surface area contributed by atoms with E-state index in [-0.39, 0.29) is 24.9 Å². The SMILES string of the molecule is CCOC(=O)C1(C(=O)OCC)[C@H](S(=O)(=O)c2ccccc2)[C@@H]1c1ccc2c(c1)OCO2. The number of hydrogen-bond acceptors (Lipinski definition) is 8. The standard InChI is InChI=1S/C22H22O8S/c1-3-27-20(23)22(21(24)28-4-2)18(14-10-11-16-17(12-14)30-13-29-16)19(22)31(25,26)15-8-6-5-7-9-15/h5-12,18-19H,3-4,13H2,1-2H3/t18-,19+/m0/s1. The van der Waals surface area contributed by atoms with Crippen molar-refractivity contribution in [3.05, 3.63) is 54.1 Å². The molecule has 0 spiro atoms. The van der Waals surface area contributed by atoms with E-state index in [1.807, 2.05) is 0 Å². The lowest BCUT2D eigenvalue weighted by molar-refractivity contribution is -0.164. The molecular weight excluding hydrogens is 424 g/mol. The summed E-state index contributed by atoms with van der Waals surface area (Å²) in [6.45, 7) is 3.21. The average molecular weight is 446 g/mol. The first-order valence-electron chi connectivity index (χ1n) is 9.91. The van der Waals surface area contributed by atoms with Gasteiger partial charge in [0, 0.05) is 5.92 Å². The molecule has 0 bridgehead atoms. The Kier molecular flexibility index (Phi) is 5.38. The predicted octanol–water partition coefficient (Wildman–Crippen LogP) is 2.47. The molecule has 9 heteroatoms. The van der Waals surface area contributed by atoms with Gasteiger partial charge in [-0.05, 0) is 43.7 Å². The zero-order valence-corrected chi connectivity index (χ0v) is 17.9. The highest BCUT2D eigenvalue weighted by Gasteiger charge is 2.81. The van der Waals surface area contributed by atoms with E-state index in [0.29, 0.717) is 17.1 Å². The fourth-order valence-electron chi connectivity index (χ4n) is 4.15. The number of esters is 2. The molecule has 1 heterocycles. The molecule has 1 aliphatic heterocycles. The van der Waals surface area contributed by atoms with Crippen molar-refractivity contribution in [2.75, 3.05) is 20.0 Å². The fraction of sp³-hybridized carbons (Fsp3) is 0.364. The van der Waals surface area contributed by atoms with Gasteiger partial charge in [-0.3, -0.25) is 9.59 Å². The Hall–Kier alpha value is -3.07. The van der Waals surface area contributed by atoms with E-state index in [1.54, 1.807) is 50.2 Å². The summed E-state index contributed by atoms with van der Waals surface area (Å²) >= 11 is 0. The van der Waals surface area contributed by atoms with Crippen molar-refractivity contribution in [2.45, 2.75) is 29.9 Å². The van der Waals surface area contributed by atoms with Gasteiger partial charge in [-0.2, -0.15) is 0 Å². The van der Waals surface area contributed by atoms with E-state index >= 15 is 0 Å². The second kappa shape index (κ2) is 7.88. The van der Waals surface area contributed by atoms with Gasteiger partial charge < -0.3 is 18.9 Å². The summed E-state index contributed by atoms with van der Waals surface area (Å²) in [5.41, 5.74) is -1.55. The van der Waals surface area contributed by atoms with Gasteiger partial charge in [0.1, 0.15) is 5.25 Å². The van der Waals surface area contributed by atoms with Crippen molar-refractivity contribution in [2.24, 2.45) is 5.41 Å². The third-order valence-electron chi connectivity index (χ3n) is 5.52. The average Bonchev–Trinajstić information content (AvgIpc) is 3.29. The van der Waals surface area contributed by atoms with Gasteiger partial charge in [-0.1, -0.05) is 24.3 Å². The number of carbonyl (C=O) groups is 2. The summed E-state index contributed by atoms with van der Waals surface area (Å²) in [4.78, 5) is 26.2. The molecule has 8 nitrogen and oxygen atoms in total. The number of sulfone groups is 1. The molecule has 0 unspecified atom stereocenters. The van der Waals surface area contributed by atoms with Crippen LogP contribution in [0, 0.1) is 5.41 Å². The maximum absolute atomic E-state index is 13.6. The van der Waals surface area contributed by atoms with E-state index < -0.39 is 38.4 Å².